The molecule has 0 aliphatic carbocycles. The Labute approximate surface area is 139 Å². The van der Waals surface area contributed by atoms with E-state index in [9.17, 15) is 26.3 Å². The molecule has 0 unspecified atom stereocenters. The van der Waals surface area contributed by atoms with Gasteiger partial charge in [0.1, 0.15) is 5.84 Å². The maximum Gasteiger partial charge on any atom is 0.435 e. The van der Waals surface area contributed by atoms with Gasteiger partial charge < -0.3 is 4.90 Å². The lowest BCUT2D eigenvalue weighted by Crippen LogP contribution is -2.29. The van der Waals surface area contributed by atoms with E-state index in [1.165, 1.54) is 33.3 Å². The molecule has 2 rings (SSSR count). The first-order chi connectivity index (χ1) is 11.4. The summed E-state index contributed by atoms with van der Waals surface area (Å²) < 4.78 is 79.0. The van der Waals surface area contributed by atoms with Gasteiger partial charge in [-0.25, -0.2) is 0 Å². The zero-order valence-electron chi connectivity index (χ0n) is 13.4. The van der Waals surface area contributed by atoms with Gasteiger partial charge in [-0.2, -0.15) is 31.4 Å². The van der Waals surface area contributed by atoms with Crippen LogP contribution in [0, 0.1) is 0 Å². The molecule has 0 aliphatic rings. The number of aromatic nitrogens is 2. The van der Waals surface area contributed by atoms with E-state index in [0.717, 1.165) is 27.9 Å². The number of hydrogen-bond donors (Lipinski definition) is 0. The zero-order valence-corrected chi connectivity index (χ0v) is 13.4. The molecule has 0 atom stereocenters. The van der Waals surface area contributed by atoms with Crippen LogP contribution in [-0.2, 0) is 19.4 Å². The van der Waals surface area contributed by atoms with Crippen LogP contribution in [0.2, 0.25) is 0 Å². The largest absolute Gasteiger partial charge is 0.435 e. The lowest BCUT2D eigenvalue weighted by atomic mass is 10.1. The third-order valence-corrected chi connectivity index (χ3v) is 3.43. The van der Waals surface area contributed by atoms with E-state index in [1.54, 1.807) is 0 Å². The molecule has 4 nitrogen and oxygen atoms in total. The molecule has 1 aromatic heterocycles. The first kappa shape index (κ1) is 18.8. The summed E-state index contributed by atoms with van der Waals surface area (Å²) in [5, 5.41) is 3.39. The summed E-state index contributed by atoms with van der Waals surface area (Å²) >= 11 is 0. The SMILES string of the molecule is C/N=C(/c1cn(C)nc1C(F)(F)F)N(C)c1cccc(C(F)(F)F)c1. The standard InChI is InChI=1S/C15H14F6N4/c1-22-13(11-8-24(2)23-12(11)15(19,20)21)25(3)10-6-4-5-9(7-10)14(16,17)18/h4-8H,1-3H3/b22-13-. The fourth-order valence-electron chi connectivity index (χ4n) is 2.33. The number of rotatable bonds is 2. The number of halogens is 6. The van der Waals surface area contributed by atoms with E-state index in [1.807, 2.05) is 0 Å². The summed E-state index contributed by atoms with van der Waals surface area (Å²) in [5.41, 5.74) is -2.34. The molecule has 0 fully saturated rings. The normalized spacial score (nSPS) is 13.2. The first-order valence-corrected chi connectivity index (χ1v) is 6.94. The molecule has 0 amide bonds. The van der Waals surface area contributed by atoms with Gasteiger partial charge in [0.25, 0.3) is 0 Å². The Morgan fingerprint density at radius 2 is 1.76 bits per heavy atom. The molecule has 1 aromatic carbocycles. The van der Waals surface area contributed by atoms with Gasteiger partial charge in [-0.1, -0.05) is 6.07 Å². The van der Waals surface area contributed by atoms with Gasteiger partial charge in [0, 0.05) is 33.0 Å². The second-order valence-electron chi connectivity index (χ2n) is 5.22. The number of anilines is 1. The Hall–Kier alpha value is -2.52. The fourth-order valence-corrected chi connectivity index (χ4v) is 2.33. The predicted octanol–water partition coefficient (Wildman–Crippen LogP) is 3.97. The predicted molar refractivity (Wildman–Crippen MR) is 80.5 cm³/mol. The fraction of sp³-hybridized carbons (Fsp3) is 0.333. The molecule has 0 saturated carbocycles. The third-order valence-electron chi connectivity index (χ3n) is 3.43. The van der Waals surface area contributed by atoms with Crippen LogP contribution in [0.25, 0.3) is 0 Å². The Balaban J connectivity index is 2.50. The van der Waals surface area contributed by atoms with Crippen molar-refractivity contribution in [2.75, 3.05) is 19.0 Å². The van der Waals surface area contributed by atoms with Crippen LogP contribution in [-0.4, -0.2) is 29.7 Å². The summed E-state index contributed by atoms with van der Waals surface area (Å²) in [6, 6.07) is 4.25. The molecule has 25 heavy (non-hydrogen) atoms. The monoisotopic (exact) mass is 364 g/mol. The minimum atomic E-state index is -4.72. The van der Waals surface area contributed by atoms with Crippen LogP contribution in [0.3, 0.4) is 0 Å². The summed E-state index contributed by atoms with van der Waals surface area (Å²) in [6.45, 7) is 0. The lowest BCUT2D eigenvalue weighted by molar-refractivity contribution is -0.141. The van der Waals surface area contributed by atoms with Crippen molar-refractivity contribution in [2.24, 2.45) is 12.0 Å². The van der Waals surface area contributed by atoms with Crippen molar-refractivity contribution in [1.82, 2.24) is 9.78 Å². The highest BCUT2D eigenvalue weighted by atomic mass is 19.4. The van der Waals surface area contributed by atoms with Gasteiger partial charge in [-0.15, -0.1) is 0 Å². The van der Waals surface area contributed by atoms with Crippen molar-refractivity contribution < 1.29 is 26.3 Å². The molecule has 0 radical (unpaired) electrons. The van der Waals surface area contributed by atoms with E-state index in [0.29, 0.717) is 0 Å². The number of amidine groups is 1. The van der Waals surface area contributed by atoms with E-state index < -0.39 is 23.6 Å². The third kappa shape index (κ3) is 3.94. The Morgan fingerprint density at radius 3 is 2.28 bits per heavy atom. The molecule has 0 saturated heterocycles. The first-order valence-electron chi connectivity index (χ1n) is 6.94. The molecule has 0 aliphatic heterocycles. The van der Waals surface area contributed by atoms with E-state index in [2.05, 4.69) is 10.1 Å². The molecule has 10 heteroatoms. The van der Waals surface area contributed by atoms with Crippen LogP contribution in [0.15, 0.2) is 35.5 Å². The molecular formula is C15H14F6N4. The van der Waals surface area contributed by atoms with Crippen LogP contribution in [0.4, 0.5) is 32.0 Å². The smallest absolute Gasteiger partial charge is 0.329 e. The van der Waals surface area contributed by atoms with Gasteiger partial charge in [0.05, 0.1) is 11.1 Å². The van der Waals surface area contributed by atoms with Crippen LogP contribution >= 0.6 is 0 Å². The Kier molecular flexibility index (Phi) is 4.83. The lowest BCUT2D eigenvalue weighted by Gasteiger charge is -2.22. The van der Waals surface area contributed by atoms with Crippen molar-refractivity contribution in [3.63, 3.8) is 0 Å². The maximum atomic E-state index is 13.1. The second kappa shape index (κ2) is 6.41. The number of aryl methyl sites for hydroxylation is 1. The van der Waals surface area contributed by atoms with Gasteiger partial charge in [0.15, 0.2) is 5.69 Å². The van der Waals surface area contributed by atoms with Crippen LogP contribution in [0.1, 0.15) is 16.8 Å². The number of alkyl halides is 6. The molecule has 2 aromatic rings. The van der Waals surface area contributed by atoms with Crippen molar-refractivity contribution in [2.45, 2.75) is 12.4 Å². The minimum Gasteiger partial charge on any atom is -0.329 e. The quantitative estimate of drug-likeness (QED) is 0.459. The van der Waals surface area contributed by atoms with Crippen LogP contribution < -0.4 is 4.90 Å². The van der Waals surface area contributed by atoms with Crippen LogP contribution in [0.5, 0.6) is 0 Å². The van der Waals surface area contributed by atoms with Gasteiger partial charge in [-0.3, -0.25) is 9.67 Å². The topological polar surface area (TPSA) is 33.4 Å². The summed E-state index contributed by atoms with van der Waals surface area (Å²) in [6.07, 6.45) is -8.16. The maximum absolute atomic E-state index is 13.1. The van der Waals surface area contributed by atoms with Crippen molar-refractivity contribution in [1.29, 1.82) is 0 Å². The van der Waals surface area contributed by atoms with Gasteiger partial charge in [-0.05, 0) is 18.2 Å². The minimum absolute atomic E-state index is 0.0485. The van der Waals surface area contributed by atoms with Gasteiger partial charge in [0.2, 0.25) is 0 Å². The average Bonchev–Trinajstić information content (AvgIpc) is 2.89. The highest BCUT2D eigenvalue weighted by Crippen LogP contribution is 2.34. The molecule has 136 valence electrons. The number of aliphatic imine (C=N–C) groups is 1. The second-order valence-corrected chi connectivity index (χ2v) is 5.22. The molecule has 0 spiro atoms. The Morgan fingerprint density at radius 1 is 1.12 bits per heavy atom. The number of benzene rings is 1. The molecule has 1 heterocycles. The van der Waals surface area contributed by atoms with E-state index in [-0.39, 0.29) is 17.1 Å². The van der Waals surface area contributed by atoms with Crippen molar-refractivity contribution in [3.05, 3.63) is 47.3 Å². The molecule has 0 bridgehead atoms. The number of nitrogens with zero attached hydrogens (tertiary/aromatic N) is 4. The highest BCUT2D eigenvalue weighted by Gasteiger charge is 2.39. The summed E-state index contributed by atoms with van der Waals surface area (Å²) in [4.78, 5) is 4.98. The van der Waals surface area contributed by atoms with E-state index >= 15 is 0 Å². The number of hydrogen-bond acceptors (Lipinski definition) is 2. The van der Waals surface area contributed by atoms with Crippen molar-refractivity contribution in [3.8, 4) is 0 Å². The van der Waals surface area contributed by atoms with E-state index in [4.69, 9.17) is 0 Å². The highest BCUT2D eigenvalue weighted by molar-refractivity contribution is 6.10. The average molecular weight is 364 g/mol. The summed E-state index contributed by atoms with van der Waals surface area (Å²) in [7, 11) is 3.91. The Bertz CT molecular complexity index is 788. The van der Waals surface area contributed by atoms with Crippen molar-refractivity contribution >= 4 is 11.5 Å². The molecule has 0 N–H and O–H groups in total. The van der Waals surface area contributed by atoms with Gasteiger partial charge >= 0.3 is 12.4 Å². The molecular weight excluding hydrogens is 350 g/mol. The summed E-state index contributed by atoms with van der Waals surface area (Å²) in [5.74, 6) is -0.153. The zero-order chi connectivity index (χ0) is 19.0.